The van der Waals surface area contributed by atoms with Gasteiger partial charge in [0.1, 0.15) is 5.65 Å². The van der Waals surface area contributed by atoms with Gasteiger partial charge in [-0.3, -0.25) is 4.79 Å². The molecule has 3 aromatic heterocycles. The molecule has 4 aromatic rings. The highest BCUT2D eigenvalue weighted by Gasteiger charge is 2.48. The maximum Gasteiger partial charge on any atom is 0.224 e. The van der Waals surface area contributed by atoms with Crippen LogP contribution in [0.3, 0.4) is 0 Å². The molecule has 2 N–H and O–H groups in total. The molecule has 1 aliphatic carbocycles. The molecule has 1 aromatic carbocycles. The molecule has 2 fully saturated rings. The number of carbonyl (C=O) groups excluding carboxylic acids is 1. The predicted octanol–water partition coefficient (Wildman–Crippen LogP) is 3.52. The van der Waals surface area contributed by atoms with E-state index in [1.165, 1.54) is 0 Å². The third-order valence-electron chi connectivity index (χ3n) is 6.69. The first-order valence-corrected chi connectivity index (χ1v) is 10.7. The third kappa shape index (κ3) is 3.01. The number of benzene rings is 1. The van der Waals surface area contributed by atoms with Crippen LogP contribution >= 0.6 is 0 Å². The molecular formula is C23H23N7O. The number of H-pyrrole nitrogens is 1. The van der Waals surface area contributed by atoms with Crippen LogP contribution in [0.5, 0.6) is 0 Å². The lowest BCUT2D eigenvalue weighted by atomic mass is 9.73. The number of aromatic nitrogens is 5. The van der Waals surface area contributed by atoms with Crippen molar-refractivity contribution in [3.8, 4) is 11.1 Å². The summed E-state index contributed by atoms with van der Waals surface area (Å²) in [5.74, 6) is 0.910. The zero-order valence-corrected chi connectivity index (χ0v) is 17.3. The number of fused-ring (bicyclic) bond motifs is 2. The Balaban J connectivity index is 1.21. The van der Waals surface area contributed by atoms with Crippen LogP contribution in [0.4, 0.5) is 5.95 Å². The largest absolute Gasteiger partial charge is 0.351 e. The fourth-order valence-electron chi connectivity index (χ4n) is 5.10. The lowest BCUT2D eigenvalue weighted by Crippen LogP contribution is -2.59. The van der Waals surface area contributed by atoms with Crippen molar-refractivity contribution < 1.29 is 4.79 Å². The normalized spacial score (nSPS) is 23.5. The first-order valence-electron chi connectivity index (χ1n) is 10.7. The maximum atomic E-state index is 12.1. The summed E-state index contributed by atoms with van der Waals surface area (Å²) >= 11 is 0. The second-order valence-electron chi connectivity index (χ2n) is 8.86. The van der Waals surface area contributed by atoms with Gasteiger partial charge < -0.3 is 15.2 Å². The van der Waals surface area contributed by atoms with Crippen molar-refractivity contribution in [2.75, 3.05) is 11.9 Å². The zero-order valence-electron chi connectivity index (χ0n) is 17.3. The molecule has 8 heteroatoms. The minimum atomic E-state index is -0.0323. The SMILES string of the molecule is C[C@]1(N2CCCC2=O)C[C@H](Nc2ncc3c(-c4ccc5nnccc5c4)c[nH]c3n2)C1. The first kappa shape index (κ1) is 18.2. The molecule has 2 aliphatic rings. The molecule has 0 atom stereocenters. The lowest BCUT2D eigenvalue weighted by Gasteiger charge is -2.51. The van der Waals surface area contributed by atoms with Crippen molar-refractivity contribution in [3.05, 3.63) is 42.9 Å². The van der Waals surface area contributed by atoms with Crippen molar-refractivity contribution in [3.63, 3.8) is 0 Å². The van der Waals surface area contributed by atoms with Gasteiger partial charge in [-0.2, -0.15) is 15.2 Å². The van der Waals surface area contributed by atoms with Gasteiger partial charge in [0.2, 0.25) is 11.9 Å². The summed E-state index contributed by atoms with van der Waals surface area (Å²) in [4.78, 5) is 26.7. The molecule has 6 rings (SSSR count). The number of nitrogens with one attached hydrogen (secondary N) is 2. The molecule has 156 valence electrons. The molecule has 8 nitrogen and oxygen atoms in total. The summed E-state index contributed by atoms with van der Waals surface area (Å²) < 4.78 is 0. The van der Waals surface area contributed by atoms with Crippen LogP contribution in [0.25, 0.3) is 33.1 Å². The van der Waals surface area contributed by atoms with Gasteiger partial charge in [-0.25, -0.2) is 4.98 Å². The smallest absolute Gasteiger partial charge is 0.224 e. The van der Waals surface area contributed by atoms with E-state index < -0.39 is 0 Å². The summed E-state index contributed by atoms with van der Waals surface area (Å²) in [6, 6.07) is 8.37. The zero-order chi connectivity index (χ0) is 21.0. The molecule has 0 spiro atoms. The maximum absolute atomic E-state index is 12.1. The molecule has 0 unspecified atom stereocenters. The van der Waals surface area contributed by atoms with E-state index in [9.17, 15) is 4.79 Å². The van der Waals surface area contributed by atoms with Crippen molar-refractivity contribution in [1.29, 1.82) is 0 Å². The number of hydrogen-bond donors (Lipinski definition) is 2. The molecule has 1 amide bonds. The highest BCUT2D eigenvalue weighted by Crippen LogP contribution is 2.41. The Bertz CT molecular complexity index is 1310. The molecule has 1 saturated heterocycles. The van der Waals surface area contributed by atoms with Crippen LogP contribution in [0, 0.1) is 0 Å². The average molecular weight is 413 g/mol. The van der Waals surface area contributed by atoms with Gasteiger partial charge in [0, 0.05) is 53.3 Å². The van der Waals surface area contributed by atoms with Crippen molar-refractivity contribution in [2.45, 2.75) is 44.2 Å². The highest BCUT2D eigenvalue weighted by molar-refractivity contribution is 5.96. The Morgan fingerprint density at radius 3 is 3.00 bits per heavy atom. The van der Waals surface area contributed by atoms with E-state index in [1.54, 1.807) is 6.20 Å². The van der Waals surface area contributed by atoms with Crippen molar-refractivity contribution in [1.82, 2.24) is 30.0 Å². The van der Waals surface area contributed by atoms with E-state index in [0.717, 1.165) is 58.9 Å². The van der Waals surface area contributed by atoms with Crippen molar-refractivity contribution >= 4 is 33.8 Å². The fraction of sp³-hybridized carbons (Fsp3) is 0.348. The van der Waals surface area contributed by atoms with Gasteiger partial charge in [-0.1, -0.05) is 6.07 Å². The monoisotopic (exact) mass is 413 g/mol. The number of likely N-dealkylation sites (tertiary alicyclic amines) is 1. The second kappa shape index (κ2) is 6.73. The lowest BCUT2D eigenvalue weighted by molar-refractivity contribution is -0.136. The Kier molecular flexibility index (Phi) is 3.96. The number of amides is 1. The molecule has 0 radical (unpaired) electrons. The summed E-state index contributed by atoms with van der Waals surface area (Å²) in [5, 5.41) is 13.5. The van der Waals surface area contributed by atoms with Gasteiger partial charge in [0.05, 0.1) is 11.7 Å². The fourth-order valence-corrected chi connectivity index (χ4v) is 5.10. The molecule has 4 heterocycles. The van der Waals surface area contributed by atoms with Gasteiger partial charge >= 0.3 is 0 Å². The van der Waals surface area contributed by atoms with Crippen LogP contribution in [-0.2, 0) is 4.79 Å². The van der Waals surface area contributed by atoms with E-state index in [1.807, 2.05) is 30.6 Å². The highest BCUT2D eigenvalue weighted by atomic mass is 16.2. The standard InChI is InChI=1S/C23H23N7O/c1-23(30-8-2-3-20(30)31)10-16(11-23)27-22-25-13-18-17(12-24-21(18)28-22)14-4-5-19-15(9-14)6-7-26-29-19/h4-7,9,12-13,16H,2-3,8,10-11H2,1H3,(H2,24,25,27,28)/t16-,23-. The minimum Gasteiger partial charge on any atom is -0.351 e. The summed E-state index contributed by atoms with van der Waals surface area (Å²) in [5.41, 5.74) is 3.79. The number of carbonyl (C=O) groups is 1. The van der Waals surface area contributed by atoms with Gasteiger partial charge in [0.15, 0.2) is 0 Å². The number of anilines is 1. The molecule has 1 saturated carbocycles. The van der Waals surface area contributed by atoms with E-state index in [4.69, 9.17) is 0 Å². The third-order valence-corrected chi connectivity index (χ3v) is 6.69. The van der Waals surface area contributed by atoms with E-state index in [-0.39, 0.29) is 11.6 Å². The summed E-state index contributed by atoms with van der Waals surface area (Å²) in [6.07, 6.45) is 9.06. The van der Waals surface area contributed by atoms with E-state index in [2.05, 4.69) is 48.4 Å². The summed E-state index contributed by atoms with van der Waals surface area (Å²) in [6.45, 7) is 3.07. The summed E-state index contributed by atoms with van der Waals surface area (Å²) in [7, 11) is 0. The number of hydrogen-bond acceptors (Lipinski definition) is 6. The Morgan fingerprint density at radius 2 is 2.16 bits per heavy atom. The van der Waals surface area contributed by atoms with Crippen LogP contribution in [0.1, 0.15) is 32.6 Å². The van der Waals surface area contributed by atoms with Crippen LogP contribution in [-0.4, -0.2) is 54.1 Å². The Hall–Kier alpha value is -3.55. The Labute approximate surface area is 179 Å². The number of aromatic amines is 1. The molecular weight excluding hydrogens is 390 g/mol. The predicted molar refractivity (Wildman–Crippen MR) is 118 cm³/mol. The number of rotatable bonds is 4. The van der Waals surface area contributed by atoms with Crippen LogP contribution in [0.15, 0.2) is 42.9 Å². The minimum absolute atomic E-state index is 0.0323. The van der Waals surface area contributed by atoms with E-state index in [0.29, 0.717) is 18.3 Å². The number of nitrogens with zero attached hydrogens (tertiary/aromatic N) is 5. The van der Waals surface area contributed by atoms with E-state index >= 15 is 0 Å². The van der Waals surface area contributed by atoms with Gasteiger partial charge in [0.25, 0.3) is 0 Å². The first-order chi connectivity index (χ1) is 15.1. The second-order valence-corrected chi connectivity index (χ2v) is 8.86. The molecule has 0 bridgehead atoms. The Morgan fingerprint density at radius 1 is 1.26 bits per heavy atom. The van der Waals surface area contributed by atoms with Crippen LogP contribution < -0.4 is 5.32 Å². The van der Waals surface area contributed by atoms with Gasteiger partial charge in [-0.05, 0) is 49.9 Å². The topological polar surface area (TPSA) is 99.7 Å². The molecule has 1 aliphatic heterocycles. The molecule has 31 heavy (non-hydrogen) atoms. The van der Waals surface area contributed by atoms with Crippen LogP contribution in [0.2, 0.25) is 0 Å². The van der Waals surface area contributed by atoms with Gasteiger partial charge in [-0.15, -0.1) is 0 Å². The van der Waals surface area contributed by atoms with Crippen molar-refractivity contribution in [2.24, 2.45) is 0 Å². The average Bonchev–Trinajstić information content (AvgIpc) is 3.38. The quantitative estimate of drug-likeness (QED) is 0.531.